The molecule has 6 amide bonds. The van der Waals surface area contributed by atoms with Gasteiger partial charge in [0.05, 0.1) is 13.0 Å². The predicted octanol–water partition coefficient (Wildman–Crippen LogP) is -3.11. The Morgan fingerprint density at radius 2 is 1.47 bits per heavy atom. The van der Waals surface area contributed by atoms with Crippen LogP contribution in [0.3, 0.4) is 0 Å². The summed E-state index contributed by atoms with van der Waals surface area (Å²) in [4.78, 5) is 97.5. The van der Waals surface area contributed by atoms with Crippen molar-refractivity contribution in [3.8, 4) is 5.75 Å². The van der Waals surface area contributed by atoms with Gasteiger partial charge in [0.1, 0.15) is 42.0 Å². The molecule has 1 fully saturated rings. The molecule has 2 rings (SSSR count). The molecule has 0 bridgehead atoms. The maximum atomic E-state index is 13.9. The Kier molecular flexibility index (Phi) is 18.8. The van der Waals surface area contributed by atoms with Crippen LogP contribution < -0.4 is 43.8 Å². The number of guanidine groups is 1. The highest BCUT2D eigenvalue weighted by molar-refractivity contribution is 5.98. The number of amides is 6. The number of nitrogens with one attached hydrogen (secondary N) is 5. The fourth-order valence-corrected chi connectivity index (χ4v) is 5.90. The number of aliphatic imine (C=N–C) groups is 1. The molecule has 0 radical (unpaired) electrons. The molecule has 1 aromatic carbocycles. The second-order valence-corrected chi connectivity index (χ2v) is 13.7. The van der Waals surface area contributed by atoms with Crippen LogP contribution in [0, 0.1) is 5.92 Å². The number of carboxylic acids is 1. The summed E-state index contributed by atoms with van der Waals surface area (Å²) in [6, 6.07) is -2.07. The molecule has 0 aromatic heterocycles. The van der Waals surface area contributed by atoms with E-state index in [0.717, 1.165) is 0 Å². The summed E-state index contributed by atoms with van der Waals surface area (Å²) in [5, 5.41) is 41.3. The minimum atomic E-state index is -1.74. The normalized spacial score (nSPS) is 16.5. The van der Waals surface area contributed by atoms with Gasteiger partial charge < -0.3 is 64.0 Å². The molecule has 0 unspecified atom stereocenters. The zero-order chi connectivity index (χ0) is 41.2. The lowest BCUT2D eigenvalue weighted by Gasteiger charge is -2.30. The SMILES string of the molecule is CCNC(=O)[C@@H]1CCCN1C(=O)[C@H](CCCN=C(N)N)NC(=O)[C@H](CC(C)C)NC(=O)[C@@H](CC(=O)O)NC(=O)[C@H](Cc1ccc(O)cc1)NC(=O)[C@@H](N)CO. The lowest BCUT2D eigenvalue weighted by Crippen LogP contribution is -2.60. The van der Waals surface area contributed by atoms with Gasteiger partial charge >= 0.3 is 5.97 Å². The van der Waals surface area contributed by atoms with E-state index in [1.807, 2.05) is 0 Å². The first-order valence-corrected chi connectivity index (χ1v) is 18.2. The van der Waals surface area contributed by atoms with Gasteiger partial charge in [-0.15, -0.1) is 0 Å². The molecule has 14 N–H and O–H groups in total. The van der Waals surface area contributed by atoms with Crippen molar-refractivity contribution in [2.75, 3.05) is 26.2 Å². The van der Waals surface area contributed by atoms with Crippen LogP contribution in [0.25, 0.3) is 0 Å². The molecule has 6 atom stereocenters. The van der Waals surface area contributed by atoms with Crippen LogP contribution in [0.2, 0.25) is 0 Å². The summed E-state index contributed by atoms with van der Waals surface area (Å²) >= 11 is 0. The fraction of sp³-hybridized carbons (Fsp3) is 0.600. The van der Waals surface area contributed by atoms with Gasteiger partial charge in [0.15, 0.2) is 5.96 Å². The van der Waals surface area contributed by atoms with E-state index in [1.165, 1.54) is 29.2 Å². The van der Waals surface area contributed by atoms with Gasteiger partial charge in [-0.05, 0) is 62.6 Å². The Morgan fingerprint density at radius 3 is 2.05 bits per heavy atom. The highest BCUT2D eigenvalue weighted by Crippen LogP contribution is 2.20. The number of nitrogens with zero attached hydrogens (tertiary/aromatic N) is 2. The number of likely N-dealkylation sites (tertiary alicyclic amines) is 1. The van der Waals surface area contributed by atoms with Gasteiger partial charge in [0, 0.05) is 26.1 Å². The standard InChI is InChI=1S/C35H56N10O10/c1-4-39-33(54)27-8-6-14-45(27)34(55)23(7-5-13-40-35(37)38)41-30(51)24(15-19(2)3)43-32(53)26(17-28(48)49)44-31(52)25(42-29(50)22(36)18-46)16-20-9-11-21(47)12-10-20/h9-12,19,22-27,46-47H,4-8,13-18,36H2,1-3H3,(H,39,54)(H,41,51)(H,42,50)(H,43,53)(H,44,52)(H,48,49)(H4,37,38,40)/t22-,23-,24-,25-,26+,27-/m0/s1. The minimum absolute atomic E-state index is 0.0457. The highest BCUT2D eigenvalue weighted by Gasteiger charge is 2.39. The minimum Gasteiger partial charge on any atom is -0.508 e. The van der Waals surface area contributed by atoms with Gasteiger partial charge in [-0.1, -0.05) is 26.0 Å². The molecule has 0 saturated carbocycles. The lowest BCUT2D eigenvalue weighted by molar-refractivity contribution is -0.142. The third-order valence-electron chi connectivity index (χ3n) is 8.64. The molecular weight excluding hydrogens is 720 g/mol. The van der Waals surface area contributed by atoms with E-state index >= 15 is 0 Å². The first-order valence-electron chi connectivity index (χ1n) is 18.2. The summed E-state index contributed by atoms with van der Waals surface area (Å²) in [6.07, 6.45) is 0.310. The number of phenolic OH excluding ortho intramolecular Hbond substituents is 1. The monoisotopic (exact) mass is 776 g/mol. The number of carbonyl (C=O) groups is 7. The Hall–Kier alpha value is -5.50. The van der Waals surface area contributed by atoms with E-state index in [1.54, 1.807) is 20.8 Å². The number of carboxylic acid groups (broad SMARTS) is 1. The number of aromatic hydroxyl groups is 1. The molecule has 1 aliphatic heterocycles. The van der Waals surface area contributed by atoms with Gasteiger partial charge in [-0.3, -0.25) is 38.6 Å². The number of nitrogens with two attached hydrogens (primary N) is 3. The third-order valence-corrected chi connectivity index (χ3v) is 8.64. The van der Waals surface area contributed by atoms with Crippen molar-refractivity contribution < 1.29 is 48.9 Å². The first-order chi connectivity index (χ1) is 26.0. The zero-order valence-corrected chi connectivity index (χ0v) is 31.5. The van der Waals surface area contributed by atoms with Crippen LogP contribution in [0.1, 0.15) is 64.9 Å². The smallest absolute Gasteiger partial charge is 0.305 e. The zero-order valence-electron chi connectivity index (χ0n) is 31.5. The van der Waals surface area contributed by atoms with Crippen molar-refractivity contribution in [2.45, 2.75) is 102 Å². The van der Waals surface area contributed by atoms with E-state index in [4.69, 9.17) is 17.2 Å². The van der Waals surface area contributed by atoms with E-state index < -0.39 is 84.8 Å². The van der Waals surface area contributed by atoms with Gasteiger partial charge in [-0.25, -0.2) is 0 Å². The molecule has 1 aliphatic rings. The molecule has 20 heteroatoms. The van der Waals surface area contributed by atoms with Crippen LogP contribution >= 0.6 is 0 Å². The lowest BCUT2D eigenvalue weighted by atomic mass is 10.0. The topological polar surface area (TPSA) is 334 Å². The van der Waals surface area contributed by atoms with Crippen LogP contribution in [0.5, 0.6) is 5.75 Å². The van der Waals surface area contributed by atoms with Crippen molar-refractivity contribution in [3.63, 3.8) is 0 Å². The number of hydrogen-bond acceptors (Lipinski definition) is 11. The molecule has 0 aliphatic carbocycles. The van der Waals surface area contributed by atoms with Gasteiger partial charge in [-0.2, -0.15) is 0 Å². The van der Waals surface area contributed by atoms with Crippen LogP contribution in [-0.4, -0.2) is 130 Å². The molecule has 1 heterocycles. The fourth-order valence-electron chi connectivity index (χ4n) is 5.90. The molecule has 0 spiro atoms. The van der Waals surface area contributed by atoms with E-state index in [2.05, 4.69) is 31.6 Å². The van der Waals surface area contributed by atoms with Gasteiger partial charge in [0.2, 0.25) is 35.4 Å². The van der Waals surface area contributed by atoms with Crippen LogP contribution in [-0.2, 0) is 40.0 Å². The summed E-state index contributed by atoms with van der Waals surface area (Å²) in [5.41, 5.74) is 17.0. The number of carbonyl (C=O) groups excluding carboxylic acids is 6. The van der Waals surface area contributed by atoms with Crippen molar-refractivity contribution in [1.82, 2.24) is 31.5 Å². The van der Waals surface area contributed by atoms with Crippen molar-refractivity contribution in [1.29, 1.82) is 0 Å². The number of phenols is 1. The summed E-state index contributed by atoms with van der Waals surface area (Å²) in [7, 11) is 0. The number of likely N-dealkylation sites (N-methyl/N-ethyl adjacent to an activating group) is 1. The number of benzene rings is 1. The molecule has 1 saturated heterocycles. The molecular formula is C35H56N10O10. The summed E-state index contributed by atoms with van der Waals surface area (Å²) in [6.45, 7) is 5.35. The number of rotatable bonds is 22. The summed E-state index contributed by atoms with van der Waals surface area (Å²) in [5.74, 6) is -6.40. The Morgan fingerprint density at radius 1 is 0.891 bits per heavy atom. The second kappa shape index (κ2) is 22.7. The molecule has 1 aromatic rings. The Balaban J connectivity index is 2.35. The van der Waals surface area contributed by atoms with Crippen molar-refractivity contribution >= 4 is 47.4 Å². The largest absolute Gasteiger partial charge is 0.508 e. The van der Waals surface area contributed by atoms with E-state index in [9.17, 15) is 48.9 Å². The predicted molar refractivity (Wildman–Crippen MR) is 200 cm³/mol. The Bertz CT molecular complexity index is 1520. The quantitative estimate of drug-likeness (QED) is 0.0316. The highest BCUT2D eigenvalue weighted by atomic mass is 16.4. The first kappa shape index (κ1) is 45.7. The van der Waals surface area contributed by atoms with Gasteiger partial charge in [0.25, 0.3) is 0 Å². The maximum absolute atomic E-state index is 13.9. The average Bonchev–Trinajstić information content (AvgIpc) is 3.62. The molecule has 55 heavy (non-hydrogen) atoms. The maximum Gasteiger partial charge on any atom is 0.305 e. The van der Waals surface area contributed by atoms with Crippen LogP contribution in [0.4, 0.5) is 0 Å². The number of aliphatic hydroxyl groups is 1. The second-order valence-electron chi connectivity index (χ2n) is 13.7. The number of aliphatic hydroxyl groups excluding tert-OH is 1. The van der Waals surface area contributed by atoms with Crippen molar-refractivity contribution in [3.05, 3.63) is 29.8 Å². The van der Waals surface area contributed by atoms with Crippen molar-refractivity contribution in [2.24, 2.45) is 28.1 Å². The number of hydrogen-bond donors (Lipinski definition) is 11. The van der Waals surface area contributed by atoms with E-state index in [-0.39, 0.29) is 62.3 Å². The Labute approximate surface area is 319 Å². The molecule has 306 valence electrons. The number of aliphatic carboxylic acids is 1. The van der Waals surface area contributed by atoms with E-state index in [0.29, 0.717) is 24.9 Å². The average molecular weight is 777 g/mol. The summed E-state index contributed by atoms with van der Waals surface area (Å²) < 4.78 is 0. The third kappa shape index (κ3) is 15.4. The molecule has 20 nitrogen and oxygen atoms in total. The van der Waals surface area contributed by atoms with Crippen LogP contribution in [0.15, 0.2) is 29.3 Å².